The van der Waals surface area contributed by atoms with Gasteiger partial charge in [0.2, 0.25) is 17.7 Å². The van der Waals surface area contributed by atoms with Crippen LogP contribution in [0.4, 0.5) is 17.1 Å². The predicted octanol–water partition coefficient (Wildman–Crippen LogP) is 6.26. The molecule has 2 aliphatic rings. The van der Waals surface area contributed by atoms with Gasteiger partial charge in [-0.3, -0.25) is 23.7 Å². The predicted molar refractivity (Wildman–Crippen MR) is 180 cm³/mol. The van der Waals surface area contributed by atoms with Crippen LogP contribution in [0, 0.1) is 12.8 Å². The minimum atomic E-state index is -0.744. The molecule has 0 radical (unpaired) electrons. The van der Waals surface area contributed by atoms with Crippen molar-refractivity contribution in [2.24, 2.45) is 5.92 Å². The normalized spacial score (nSPS) is 19.1. The molecule has 1 fully saturated rings. The standard InChI is InChI=1S/C33H31BrN4O4S2/c1-4-36(5-2)23-13-9-20(10-14-23)26-27-28(31(41)38(30(27)40)24-15-11-21(34)12-16-24)43-32-29(26)44-33(42)37(32)18-25(39)35-22-8-6-7-19(3)17-22/h6-17,26-28H,4-5,18H2,1-3H3,(H,35,39)/t26-,27-,28+/m0/s1. The number of anilines is 3. The van der Waals surface area contributed by atoms with Crippen molar-refractivity contribution in [2.75, 3.05) is 28.2 Å². The summed E-state index contributed by atoms with van der Waals surface area (Å²) in [7, 11) is 0. The highest BCUT2D eigenvalue weighted by Crippen LogP contribution is 2.54. The van der Waals surface area contributed by atoms with Gasteiger partial charge in [-0.25, -0.2) is 4.90 Å². The van der Waals surface area contributed by atoms with Crippen molar-refractivity contribution in [3.63, 3.8) is 0 Å². The van der Waals surface area contributed by atoms with Crippen LogP contribution in [-0.2, 0) is 20.9 Å². The van der Waals surface area contributed by atoms with Gasteiger partial charge in [-0.2, -0.15) is 0 Å². The number of carbonyl (C=O) groups excluding carboxylic acids is 3. The number of nitrogens with one attached hydrogen (secondary N) is 1. The summed E-state index contributed by atoms with van der Waals surface area (Å²) >= 11 is 5.69. The zero-order valence-corrected chi connectivity index (χ0v) is 27.7. The average Bonchev–Trinajstić information content (AvgIpc) is 3.45. The van der Waals surface area contributed by atoms with Gasteiger partial charge in [0.25, 0.3) is 0 Å². The number of halogens is 1. The topological polar surface area (TPSA) is 91.7 Å². The van der Waals surface area contributed by atoms with Crippen LogP contribution < -0.4 is 20.0 Å². The van der Waals surface area contributed by atoms with E-state index >= 15 is 0 Å². The Morgan fingerprint density at radius 1 is 0.955 bits per heavy atom. The van der Waals surface area contributed by atoms with Gasteiger partial charge in [0.05, 0.1) is 16.6 Å². The molecule has 11 heteroatoms. The van der Waals surface area contributed by atoms with Crippen LogP contribution >= 0.6 is 39.0 Å². The number of aromatic nitrogens is 1. The molecule has 1 N–H and O–H groups in total. The molecule has 3 heterocycles. The molecule has 2 aliphatic heterocycles. The second-order valence-corrected chi connectivity index (χ2v) is 13.9. The third-order valence-corrected chi connectivity index (χ3v) is 11.3. The summed E-state index contributed by atoms with van der Waals surface area (Å²) in [6.07, 6.45) is 0. The van der Waals surface area contributed by atoms with Crippen LogP contribution in [0.15, 0.2) is 87.1 Å². The van der Waals surface area contributed by atoms with E-state index in [2.05, 4.69) is 40.0 Å². The van der Waals surface area contributed by atoms with Crippen LogP contribution in [0.5, 0.6) is 0 Å². The number of benzene rings is 3. The monoisotopic (exact) mass is 690 g/mol. The van der Waals surface area contributed by atoms with Crippen LogP contribution in [-0.4, -0.2) is 40.6 Å². The fraction of sp³-hybridized carbons (Fsp3) is 0.273. The van der Waals surface area contributed by atoms with Gasteiger partial charge in [0, 0.05) is 39.7 Å². The molecule has 3 aromatic carbocycles. The summed E-state index contributed by atoms with van der Waals surface area (Å²) in [4.78, 5) is 58.6. The third kappa shape index (κ3) is 5.52. The van der Waals surface area contributed by atoms with E-state index in [1.54, 1.807) is 30.3 Å². The number of carbonyl (C=O) groups is 3. The SMILES string of the molecule is CCN(CC)c1ccc([C@@H]2c3sc(=O)n(CC(=O)Nc4cccc(C)c4)c3S[C@H]3C(=O)N(c4ccc(Br)cc4)C(=O)[C@@H]23)cc1. The number of fused-ring (bicyclic) bond motifs is 2. The zero-order chi connectivity index (χ0) is 31.1. The molecule has 0 saturated carbocycles. The van der Waals surface area contributed by atoms with Gasteiger partial charge in [-0.05, 0) is 80.4 Å². The lowest BCUT2D eigenvalue weighted by Gasteiger charge is -2.31. The Morgan fingerprint density at radius 2 is 1.66 bits per heavy atom. The summed E-state index contributed by atoms with van der Waals surface area (Å²) in [5.41, 5.74) is 4.07. The Balaban J connectivity index is 1.41. The van der Waals surface area contributed by atoms with E-state index in [0.29, 0.717) is 21.3 Å². The van der Waals surface area contributed by atoms with Crippen LogP contribution in [0.1, 0.15) is 35.8 Å². The van der Waals surface area contributed by atoms with Gasteiger partial charge >= 0.3 is 4.87 Å². The molecule has 44 heavy (non-hydrogen) atoms. The molecule has 8 nitrogen and oxygen atoms in total. The van der Waals surface area contributed by atoms with Crippen LogP contribution in [0.3, 0.4) is 0 Å². The van der Waals surface area contributed by atoms with Gasteiger partial charge in [0.1, 0.15) is 11.8 Å². The van der Waals surface area contributed by atoms with Crippen molar-refractivity contribution < 1.29 is 14.4 Å². The molecule has 6 rings (SSSR count). The molecule has 0 aliphatic carbocycles. The molecule has 1 aromatic heterocycles. The summed E-state index contributed by atoms with van der Waals surface area (Å²) < 4.78 is 2.29. The third-order valence-electron chi connectivity index (χ3n) is 8.12. The fourth-order valence-electron chi connectivity index (χ4n) is 6.01. The first kappa shape index (κ1) is 30.4. The molecule has 0 unspecified atom stereocenters. The largest absolute Gasteiger partial charge is 0.372 e. The number of imide groups is 1. The van der Waals surface area contributed by atoms with Crippen molar-refractivity contribution in [3.05, 3.63) is 103 Å². The van der Waals surface area contributed by atoms with E-state index in [1.807, 2.05) is 49.4 Å². The Bertz CT molecular complexity index is 1800. The Labute approximate surface area is 272 Å². The van der Waals surface area contributed by atoms with Crippen LogP contribution in [0.25, 0.3) is 0 Å². The highest BCUT2D eigenvalue weighted by Gasteiger charge is 2.56. The maximum atomic E-state index is 14.1. The number of hydrogen-bond acceptors (Lipinski definition) is 7. The molecule has 3 amide bonds. The van der Waals surface area contributed by atoms with E-state index in [0.717, 1.165) is 45.7 Å². The van der Waals surface area contributed by atoms with Crippen molar-refractivity contribution in [1.82, 2.24) is 4.57 Å². The number of thioether (sulfide) groups is 1. The fourth-order valence-corrected chi connectivity index (χ4v) is 9.04. The number of rotatable bonds is 8. The van der Waals surface area contributed by atoms with E-state index in [1.165, 1.54) is 21.2 Å². The van der Waals surface area contributed by atoms with Crippen molar-refractivity contribution >= 4 is 73.8 Å². The number of hydrogen-bond donors (Lipinski definition) is 1. The molecule has 4 aromatic rings. The number of nitrogens with zero attached hydrogens (tertiary/aromatic N) is 3. The van der Waals surface area contributed by atoms with Crippen molar-refractivity contribution in [3.8, 4) is 0 Å². The summed E-state index contributed by atoms with van der Waals surface area (Å²) in [6, 6.07) is 22.6. The summed E-state index contributed by atoms with van der Waals surface area (Å²) in [5, 5.41) is 2.70. The quantitative estimate of drug-likeness (QED) is 0.220. The minimum absolute atomic E-state index is 0.199. The first-order valence-electron chi connectivity index (χ1n) is 14.4. The molecule has 0 bridgehead atoms. The molecule has 226 valence electrons. The number of thiazole rings is 1. The lowest BCUT2D eigenvalue weighted by molar-refractivity contribution is -0.122. The minimum Gasteiger partial charge on any atom is -0.372 e. The van der Waals surface area contributed by atoms with Crippen LogP contribution in [0.2, 0.25) is 0 Å². The lowest BCUT2D eigenvalue weighted by atomic mass is 9.83. The molecular weight excluding hydrogens is 660 g/mol. The molecule has 1 saturated heterocycles. The van der Waals surface area contributed by atoms with Gasteiger partial charge in [-0.15, -0.1) is 0 Å². The highest BCUT2D eigenvalue weighted by molar-refractivity contribution is 9.10. The zero-order valence-electron chi connectivity index (χ0n) is 24.5. The molecular formula is C33H31BrN4O4S2. The van der Waals surface area contributed by atoms with Gasteiger partial charge in [0.15, 0.2) is 0 Å². The van der Waals surface area contributed by atoms with E-state index in [4.69, 9.17) is 0 Å². The first-order valence-corrected chi connectivity index (χ1v) is 16.9. The van der Waals surface area contributed by atoms with E-state index in [9.17, 15) is 19.2 Å². The second kappa shape index (κ2) is 12.4. The molecule has 3 atom stereocenters. The summed E-state index contributed by atoms with van der Waals surface area (Å²) in [5.74, 6) is -2.17. The average molecular weight is 692 g/mol. The van der Waals surface area contributed by atoms with Crippen molar-refractivity contribution in [1.29, 1.82) is 0 Å². The van der Waals surface area contributed by atoms with Gasteiger partial charge in [-0.1, -0.05) is 63.3 Å². The highest BCUT2D eigenvalue weighted by atomic mass is 79.9. The Kier molecular flexibility index (Phi) is 8.54. The van der Waals surface area contributed by atoms with Crippen molar-refractivity contribution in [2.45, 2.75) is 43.5 Å². The second-order valence-electron chi connectivity index (χ2n) is 10.8. The maximum Gasteiger partial charge on any atom is 0.308 e. The number of amides is 3. The first-order chi connectivity index (χ1) is 21.2. The number of aryl methyl sites for hydroxylation is 1. The summed E-state index contributed by atoms with van der Waals surface area (Å²) in [6.45, 7) is 7.65. The molecule has 0 spiro atoms. The van der Waals surface area contributed by atoms with Gasteiger partial charge < -0.3 is 10.2 Å². The maximum absolute atomic E-state index is 14.1. The van der Waals surface area contributed by atoms with E-state index in [-0.39, 0.29) is 29.1 Å². The lowest BCUT2D eigenvalue weighted by Crippen LogP contribution is -2.33. The Morgan fingerprint density at radius 3 is 2.32 bits per heavy atom. The Hall–Kier alpha value is -3.67. The van der Waals surface area contributed by atoms with E-state index < -0.39 is 17.1 Å². The smallest absolute Gasteiger partial charge is 0.308 e.